The number of nitrogens with zero attached hydrogens (tertiary/aromatic N) is 2. The molecule has 31 heavy (non-hydrogen) atoms. The zero-order valence-corrected chi connectivity index (χ0v) is 18.0. The predicted molar refractivity (Wildman–Crippen MR) is 116 cm³/mol. The molecule has 7 heteroatoms. The fraction of sp³-hybridized carbons (Fsp3) is 0.625. The summed E-state index contributed by atoms with van der Waals surface area (Å²) in [5, 5.41) is 13.3. The van der Waals surface area contributed by atoms with Crippen LogP contribution in [0.2, 0.25) is 0 Å². The molecule has 2 amide bonds. The first kappa shape index (κ1) is 20.5. The van der Waals surface area contributed by atoms with Crippen LogP contribution in [0.25, 0.3) is 6.08 Å². The first-order valence-corrected chi connectivity index (χ1v) is 11.6. The highest BCUT2D eigenvalue weighted by Gasteiger charge is 2.57. The fourth-order valence-electron chi connectivity index (χ4n) is 5.44. The number of aliphatic hydroxyl groups is 1. The number of amides is 2. The number of aliphatic hydroxyl groups excluding tert-OH is 1. The maximum atomic E-state index is 13.4. The number of likely N-dealkylation sites (tertiary alicyclic amines) is 1. The predicted octanol–water partition coefficient (Wildman–Crippen LogP) is 1.70. The third kappa shape index (κ3) is 3.63. The van der Waals surface area contributed by atoms with E-state index in [1.54, 1.807) is 21.6 Å². The number of allylic oxidation sites excluding steroid dienone is 1. The molecule has 2 aliphatic carbocycles. The van der Waals surface area contributed by atoms with Gasteiger partial charge in [-0.3, -0.25) is 14.4 Å². The van der Waals surface area contributed by atoms with Crippen molar-refractivity contribution in [2.45, 2.75) is 57.7 Å². The van der Waals surface area contributed by atoms with Crippen LogP contribution in [-0.2, 0) is 16.1 Å². The van der Waals surface area contributed by atoms with Crippen LogP contribution in [0.3, 0.4) is 0 Å². The molecular weight excluding hydrogens is 394 g/mol. The van der Waals surface area contributed by atoms with Crippen molar-refractivity contribution in [2.75, 3.05) is 13.2 Å². The van der Waals surface area contributed by atoms with E-state index in [-0.39, 0.29) is 41.9 Å². The molecule has 1 saturated heterocycles. The SMILES string of the molecule is C/C=C/c1ccc2n(c1=O)C[C@@H]1[C@@H](CO)[C@H](C(=O)NCC3CC3)N(C(=O)CC3CC3)[C@H]21. The van der Waals surface area contributed by atoms with Crippen LogP contribution < -0.4 is 10.9 Å². The van der Waals surface area contributed by atoms with Gasteiger partial charge in [0.25, 0.3) is 5.56 Å². The van der Waals surface area contributed by atoms with Crippen molar-refractivity contribution < 1.29 is 14.7 Å². The van der Waals surface area contributed by atoms with Crippen molar-refractivity contribution in [3.63, 3.8) is 0 Å². The molecule has 2 saturated carbocycles. The Bertz CT molecular complexity index is 976. The van der Waals surface area contributed by atoms with Gasteiger partial charge in [-0.1, -0.05) is 12.2 Å². The maximum Gasteiger partial charge on any atom is 0.258 e. The van der Waals surface area contributed by atoms with E-state index >= 15 is 0 Å². The Morgan fingerprint density at radius 2 is 1.94 bits per heavy atom. The van der Waals surface area contributed by atoms with Crippen LogP contribution >= 0.6 is 0 Å². The van der Waals surface area contributed by atoms with E-state index in [0.29, 0.717) is 36.9 Å². The zero-order chi connectivity index (χ0) is 21.7. The molecule has 1 aromatic heterocycles. The molecule has 4 atom stereocenters. The van der Waals surface area contributed by atoms with Crippen LogP contribution in [0, 0.1) is 23.7 Å². The average molecular weight is 426 g/mol. The average Bonchev–Trinajstić information content (AvgIpc) is 3.67. The number of aromatic nitrogens is 1. The lowest BCUT2D eigenvalue weighted by Gasteiger charge is -2.31. The number of hydrogen-bond donors (Lipinski definition) is 2. The van der Waals surface area contributed by atoms with Crippen molar-refractivity contribution in [1.29, 1.82) is 0 Å². The second-order valence-corrected chi connectivity index (χ2v) is 9.67. The number of hydrogen-bond acceptors (Lipinski definition) is 4. The van der Waals surface area contributed by atoms with Crippen LogP contribution in [-0.4, -0.2) is 45.6 Å². The molecule has 0 unspecified atom stereocenters. The Hall–Kier alpha value is -2.41. The summed E-state index contributed by atoms with van der Waals surface area (Å²) in [5.74, 6) is 0.227. The monoisotopic (exact) mass is 425 g/mol. The standard InChI is InChI=1S/C24H31N3O4/c1-2-3-16-8-9-19-21-17(12-26(19)24(16)31)18(13-28)22(23(30)25-11-15-6-7-15)27(21)20(29)10-14-4-5-14/h2-3,8-9,14-15,17-18,21-22,28H,4-7,10-13H2,1H3,(H,25,30)/b3-2+/t17-,18-,21+,22-/m1/s1. The van der Waals surface area contributed by atoms with Gasteiger partial charge in [0.2, 0.25) is 11.8 Å². The van der Waals surface area contributed by atoms with Gasteiger partial charge in [-0.25, -0.2) is 0 Å². The van der Waals surface area contributed by atoms with Crippen molar-refractivity contribution in [1.82, 2.24) is 14.8 Å². The Morgan fingerprint density at radius 3 is 2.58 bits per heavy atom. The third-order valence-electron chi connectivity index (χ3n) is 7.43. The molecule has 0 bridgehead atoms. The summed E-state index contributed by atoms with van der Waals surface area (Å²) in [5.41, 5.74) is 1.32. The number of rotatable bonds is 7. The Kier molecular flexibility index (Phi) is 5.24. The van der Waals surface area contributed by atoms with E-state index in [9.17, 15) is 19.5 Å². The molecule has 1 aromatic rings. The molecule has 7 nitrogen and oxygen atoms in total. The second-order valence-electron chi connectivity index (χ2n) is 9.67. The smallest absolute Gasteiger partial charge is 0.258 e. The molecule has 0 aromatic carbocycles. The van der Waals surface area contributed by atoms with E-state index < -0.39 is 6.04 Å². The molecular formula is C24H31N3O4. The lowest BCUT2D eigenvalue weighted by molar-refractivity contribution is -0.142. The quantitative estimate of drug-likeness (QED) is 0.696. The summed E-state index contributed by atoms with van der Waals surface area (Å²) in [4.78, 5) is 41.3. The van der Waals surface area contributed by atoms with Gasteiger partial charge in [0, 0.05) is 49.2 Å². The van der Waals surface area contributed by atoms with Crippen LogP contribution in [0.4, 0.5) is 0 Å². The summed E-state index contributed by atoms with van der Waals surface area (Å²) in [7, 11) is 0. The molecule has 2 N–H and O–H groups in total. The minimum Gasteiger partial charge on any atom is -0.396 e. The van der Waals surface area contributed by atoms with E-state index in [4.69, 9.17) is 0 Å². The van der Waals surface area contributed by atoms with Gasteiger partial charge >= 0.3 is 0 Å². The van der Waals surface area contributed by atoms with Gasteiger partial charge in [-0.05, 0) is 56.6 Å². The number of carbonyl (C=O) groups excluding carboxylic acids is 2. The maximum absolute atomic E-state index is 13.4. The highest BCUT2D eigenvalue weighted by atomic mass is 16.3. The summed E-state index contributed by atoms with van der Waals surface area (Å²) in [6.07, 6.45) is 8.44. The van der Waals surface area contributed by atoms with E-state index in [2.05, 4.69) is 5.32 Å². The first-order chi connectivity index (χ1) is 15.0. The Labute approximate surface area is 182 Å². The van der Waals surface area contributed by atoms with Gasteiger partial charge in [0.1, 0.15) is 6.04 Å². The van der Waals surface area contributed by atoms with Crippen molar-refractivity contribution >= 4 is 17.9 Å². The third-order valence-corrected chi connectivity index (χ3v) is 7.43. The van der Waals surface area contributed by atoms with Gasteiger partial charge in [0.15, 0.2) is 0 Å². The summed E-state index contributed by atoms with van der Waals surface area (Å²) in [6, 6.07) is 2.70. The summed E-state index contributed by atoms with van der Waals surface area (Å²) < 4.78 is 1.74. The largest absolute Gasteiger partial charge is 0.396 e. The van der Waals surface area contributed by atoms with Crippen molar-refractivity contribution in [3.05, 3.63) is 39.8 Å². The molecule has 0 radical (unpaired) electrons. The van der Waals surface area contributed by atoms with Gasteiger partial charge in [-0.15, -0.1) is 0 Å². The molecule has 0 spiro atoms. The summed E-state index contributed by atoms with van der Waals surface area (Å²) >= 11 is 0. The van der Waals surface area contributed by atoms with Crippen LogP contribution in [0.15, 0.2) is 23.0 Å². The first-order valence-electron chi connectivity index (χ1n) is 11.6. The van der Waals surface area contributed by atoms with Crippen LogP contribution in [0.1, 0.15) is 56.3 Å². The number of pyridine rings is 1. The van der Waals surface area contributed by atoms with Gasteiger partial charge in [-0.2, -0.15) is 0 Å². The highest BCUT2D eigenvalue weighted by molar-refractivity contribution is 5.89. The lowest BCUT2D eigenvalue weighted by atomic mass is 9.88. The molecule has 3 heterocycles. The van der Waals surface area contributed by atoms with Crippen molar-refractivity contribution in [3.8, 4) is 0 Å². The van der Waals surface area contributed by atoms with Gasteiger partial charge < -0.3 is 19.9 Å². The minimum atomic E-state index is -0.677. The molecule has 4 aliphatic rings. The molecule has 3 fully saturated rings. The number of fused-ring (bicyclic) bond motifs is 3. The van der Waals surface area contributed by atoms with E-state index in [1.165, 1.54) is 0 Å². The normalized spacial score (nSPS) is 29.3. The minimum absolute atomic E-state index is 0.0292. The molecule has 5 rings (SSSR count). The second kappa shape index (κ2) is 7.93. The van der Waals surface area contributed by atoms with Gasteiger partial charge in [0.05, 0.1) is 6.04 Å². The Balaban J connectivity index is 1.51. The number of carbonyl (C=O) groups is 2. The molecule has 166 valence electrons. The lowest BCUT2D eigenvalue weighted by Crippen LogP contribution is -2.50. The topological polar surface area (TPSA) is 91.6 Å². The Morgan fingerprint density at radius 1 is 1.19 bits per heavy atom. The van der Waals surface area contributed by atoms with E-state index in [0.717, 1.165) is 31.4 Å². The summed E-state index contributed by atoms with van der Waals surface area (Å²) in [6.45, 7) is 2.75. The van der Waals surface area contributed by atoms with Crippen LogP contribution in [0.5, 0.6) is 0 Å². The number of nitrogens with one attached hydrogen (secondary N) is 1. The van der Waals surface area contributed by atoms with E-state index in [1.807, 2.05) is 19.1 Å². The van der Waals surface area contributed by atoms with Crippen molar-refractivity contribution in [2.24, 2.45) is 23.7 Å². The fourth-order valence-corrected chi connectivity index (χ4v) is 5.44. The highest BCUT2D eigenvalue weighted by Crippen LogP contribution is 2.50. The zero-order valence-electron chi connectivity index (χ0n) is 18.0. The molecule has 2 aliphatic heterocycles.